The summed E-state index contributed by atoms with van der Waals surface area (Å²) in [6.45, 7) is 0. The highest BCUT2D eigenvalue weighted by Crippen LogP contribution is 2.35. The number of carbonyl (C=O) groups excluding carboxylic acids is 2. The monoisotopic (exact) mass is 251 g/mol. The lowest BCUT2D eigenvalue weighted by molar-refractivity contribution is -0.154. The van der Waals surface area contributed by atoms with Crippen molar-refractivity contribution in [3.63, 3.8) is 0 Å². The number of aromatic nitrogens is 2. The Bertz CT molecular complexity index is 469. The number of esters is 1. The van der Waals surface area contributed by atoms with Gasteiger partial charge in [0.2, 0.25) is 5.91 Å². The molecule has 6 nitrogen and oxygen atoms in total. The average Bonchev–Trinajstić information content (AvgIpc) is 2.77. The Kier molecular flexibility index (Phi) is 3.36. The van der Waals surface area contributed by atoms with Gasteiger partial charge in [-0.15, -0.1) is 0 Å². The summed E-state index contributed by atoms with van der Waals surface area (Å²) in [5.74, 6) is -0.560. The van der Waals surface area contributed by atoms with E-state index in [-0.39, 0.29) is 23.8 Å². The summed E-state index contributed by atoms with van der Waals surface area (Å²) in [6, 6.07) is 1.53. The lowest BCUT2D eigenvalue weighted by Crippen LogP contribution is -2.44. The third-order valence-electron chi connectivity index (χ3n) is 3.53. The van der Waals surface area contributed by atoms with Crippen molar-refractivity contribution < 1.29 is 14.3 Å². The highest BCUT2D eigenvalue weighted by Gasteiger charge is 2.40. The smallest absolute Gasteiger partial charge is 0.311 e. The van der Waals surface area contributed by atoms with Gasteiger partial charge in [0, 0.05) is 26.7 Å². The molecule has 6 heteroatoms. The molecule has 0 N–H and O–H groups in total. The van der Waals surface area contributed by atoms with Crippen LogP contribution in [0.15, 0.2) is 12.3 Å². The molecule has 1 aromatic heterocycles. The Morgan fingerprint density at radius 3 is 2.78 bits per heavy atom. The maximum Gasteiger partial charge on any atom is 0.311 e. The summed E-state index contributed by atoms with van der Waals surface area (Å²) in [4.78, 5) is 25.3. The summed E-state index contributed by atoms with van der Waals surface area (Å²) in [7, 11) is 4.89. The highest BCUT2D eigenvalue weighted by molar-refractivity contribution is 5.82. The molecule has 1 fully saturated rings. The molecule has 2 atom stereocenters. The standard InChI is InChI=1S/C12H17N3O3/c1-14-10(16)5-4-8(12(17)18-3)11(14)9-6-7-13-15(9)2/h6-8,11H,4-5H2,1-3H3/t8-,11+/m0/s1. The predicted molar refractivity (Wildman–Crippen MR) is 63.5 cm³/mol. The molecule has 2 heterocycles. The van der Waals surface area contributed by atoms with Crippen molar-refractivity contribution in [1.29, 1.82) is 0 Å². The van der Waals surface area contributed by atoms with E-state index in [9.17, 15) is 9.59 Å². The van der Waals surface area contributed by atoms with Crippen molar-refractivity contribution >= 4 is 11.9 Å². The molecule has 2 rings (SSSR count). The Balaban J connectivity index is 2.38. The zero-order valence-corrected chi connectivity index (χ0v) is 10.8. The molecule has 0 saturated carbocycles. The number of likely N-dealkylation sites (tertiary alicyclic amines) is 1. The van der Waals surface area contributed by atoms with Crippen LogP contribution in [0.25, 0.3) is 0 Å². The first-order chi connectivity index (χ1) is 8.56. The number of amides is 1. The fourth-order valence-corrected chi connectivity index (χ4v) is 2.52. The van der Waals surface area contributed by atoms with Crippen LogP contribution in [0.4, 0.5) is 0 Å². The minimum absolute atomic E-state index is 0.0429. The summed E-state index contributed by atoms with van der Waals surface area (Å²) in [6.07, 6.45) is 2.56. The van der Waals surface area contributed by atoms with E-state index in [1.54, 1.807) is 29.9 Å². The van der Waals surface area contributed by atoms with Crippen LogP contribution in [0.2, 0.25) is 0 Å². The van der Waals surface area contributed by atoms with Gasteiger partial charge in [0.05, 0.1) is 24.8 Å². The average molecular weight is 251 g/mol. The molecule has 98 valence electrons. The van der Waals surface area contributed by atoms with Crippen LogP contribution >= 0.6 is 0 Å². The fourth-order valence-electron chi connectivity index (χ4n) is 2.52. The van der Waals surface area contributed by atoms with Gasteiger partial charge in [0.1, 0.15) is 0 Å². The van der Waals surface area contributed by atoms with Crippen LogP contribution in [-0.2, 0) is 21.4 Å². The van der Waals surface area contributed by atoms with E-state index in [4.69, 9.17) is 4.74 Å². The first kappa shape index (κ1) is 12.6. The third-order valence-corrected chi connectivity index (χ3v) is 3.53. The van der Waals surface area contributed by atoms with Crippen LogP contribution < -0.4 is 0 Å². The van der Waals surface area contributed by atoms with E-state index < -0.39 is 0 Å². The molecule has 1 aromatic rings. The van der Waals surface area contributed by atoms with Crippen molar-refractivity contribution in [3.8, 4) is 0 Å². The van der Waals surface area contributed by atoms with Crippen molar-refractivity contribution in [3.05, 3.63) is 18.0 Å². The number of ether oxygens (including phenoxy) is 1. The predicted octanol–water partition coefficient (Wildman–Crippen LogP) is 0.503. The number of aryl methyl sites for hydroxylation is 1. The topological polar surface area (TPSA) is 64.4 Å². The van der Waals surface area contributed by atoms with Crippen molar-refractivity contribution in [1.82, 2.24) is 14.7 Å². The Hall–Kier alpha value is -1.85. The minimum Gasteiger partial charge on any atom is -0.469 e. The number of nitrogens with zero attached hydrogens (tertiary/aromatic N) is 3. The third kappa shape index (κ3) is 1.98. The maximum atomic E-state index is 11.8. The van der Waals surface area contributed by atoms with Gasteiger partial charge in [-0.1, -0.05) is 0 Å². The maximum absolute atomic E-state index is 11.8. The van der Waals surface area contributed by atoms with Crippen LogP contribution in [0.3, 0.4) is 0 Å². The molecule has 1 amide bonds. The zero-order valence-electron chi connectivity index (χ0n) is 10.8. The van der Waals surface area contributed by atoms with E-state index in [2.05, 4.69) is 5.10 Å². The van der Waals surface area contributed by atoms with E-state index >= 15 is 0 Å². The van der Waals surface area contributed by atoms with Gasteiger partial charge in [-0.2, -0.15) is 5.10 Å². The van der Waals surface area contributed by atoms with Crippen LogP contribution in [0.5, 0.6) is 0 Å². The molecule has 0 aromatic carbocycles. The Morgan fingerprint density at radius 1 is 1.50 bits per heavy atom. The van der Waals surface area contributed by atoms with E-state index in [0.29, 0.717) is 12.8 Å². The van der Waals surface area contributed by atoms with Gasteiger partial charge in [-0.3, -0.25) is 14.3 Å². The fraction of sp³-hybridized carbons (Fsp3) is 0.583. The number of methoxy groups -OCH3 is 1. The lowest BCUT2D eigenvalue weighted by Gasteiger charge is -2.37. The van der Waals surface area contributed by atoms with Crippen molar-refractivity contribution in [2.75, 3.05) is 14.2 Å². The van der Waals surface area contributed by atoms with Gasteiger partial charge in [0.15, 0.2) is 0 Å². The number of hydrogen-bond donors (Lipinski definition) is 0. The minimum atomic E-state index is -0.326. The first-order valence-electron chi connectivity index (χ1n) is 5.87. The molecular formula is C12H17N3O3. The number of hydrogen-bond acceptors (Lipinski definition) is 4. The second-order valence-electron chi connectivity index (χ2n) is 4.50. The van der Waals surface area contributed by atoms with Gasteiger partial charge < -0.3 is 9.64 Å². The van der Waals surface area contributed by atoms with E-state index in [0.717, 1.165) is 5.69 Å². The van der Waals surface area contributed by atoms with Gasteiger partial charge in [-0.25, -0.2) is 0 Å². The highest BCUT2D eigenvalue weighted by atomic mass is 16.5. The summed E-state index contributed by atoms with van der Waals surface area (Å²) < 4.78 is 6.53. The molecular weight excluding hydrogens is 234 g/mol. The van der Waals surface area contributed by atoms with Gasteiger partial charge >= 0.3 is 5.97 Å². The molecule has 1 aliphatic heterocycles. The number of piperidine rings is 1. The summed E-state index contributed by atoms with van der Waals surface area (Å²) in [5.41, 5.74) is 0.848. The Labute approximate surface area is 106 Å². The Morgan fingerprint density at radius 2 is 2.22 bits per heavy atom. The second kappa shape index (κ2) is 4.80. The first-order valence-corrected chi connectivity index (χ1v) is 5.87. The molecule has 1 saturated heterocycles. The number of rotatable bonds is 2. The normalized spacial score (nSPS) is 24.2. The van der Waals surface area contributed by atoms with Crippen molar-refractivity contribution in [2.24, 2.45) is 13.0 Å². The largest absolute Gasteiger partial charge is 0.469 e. The molecule has 0 spiro atoms. The zero-order chi connectivity index (χ0) is 13.3. The van der Waals surface area contributed by atoms with E-state index in [1.165, 1.54) is 7.11 Å². The SMILES string of the molecule is COC(=O)[C@H]1CCC(=O)N(C)[C@H]1c1ccnn1C. The second-order valence-corrected chi connectivity index (χ2v) is 4.50. The van der Waals surface area contributed by atoms with Crippen molar-refractivity contribution in [2.45, 2.75) is 18.9 Å². The summed E-state index contributed by atoms with van der Waals surface area (Å²) in [5, 5.41) is 4.10. The van der Waals surface area contributed by atoms with Gasteiger partial charge in [-0.05, 0) is 12.5 Å². The number of carbonyl (C=O) groups is 2. The molecule has 0 unspecified atom stereocenters. The van der Waals surface area contributed by atoms with Gasteiger partial charge in [0.25, 0.3) is 0 Å². The molecule has 0 bridgehead atoms. The van der Waals surface area contributed by atoms with E-state index in [1.807, 2.05) is 6.07 Å². The molecule has 18 heavy (non-hydrogen) atoms. The molecule has 0 radical (unpaired) electrons. The molecule has 0 aliphatic carbocycles. The summed E-state index contributed by atoms with van der Waals surface area (Å²) >= 11 is 0. The quantitative estimate of drug-likeness (QED) is 0.718. The van der Waals surface area contributed by atoms with Crippen LogP contribution in [0.1, 0.15) is 24.6 Å². The lowest BCUT2D eigenvalue weighted by atomic mass is 9.87. The van der Waals surface area contributed by atoms with Crippen LogP contribution in [0, 0.1) is 5.92 Å². The van der Waals surface area contributed by atoms with Crippen LogP contribution in [-0.4, -0.2) is 40.7 Å². The molecule has 1 aliphatic rings.